The maximum atomic E-state index is 12.6. The van der Waals surface area contributed by atoms with Crippen LogP contribution in [0.4, 0.5) is 10.8 Å². The summed E-state index contributed by atoms with van der Waals surface area (Å²) in [7, 11) is 0. The lowest BCUT2D eigenvalue weighted by molar-refractivity contribution is -0.121. The van der Waals surface area contributed by atoms with Gasteiger partial charge >= 0.3 is 0 Å². The van der Waals surface area contributed by atoms with Gasteiger partial charge in [-0.3, -0.25) is 4.79 Å². The Hall–Kier alpha value is -1.60. The van der Waals surface area contributed by atoms with Gasteiger partial charge < -0.3 is 10.6 Å². The molecule has 0 spiro atoms. The zero-order chi connectivity index (χ0) is 19.4. The molecular weight excluding hydrogens is 376 g/mol. The second-order valence-electron chi connectivity index (χ2n) is 7.51. The van der Waals surface area contributed by atoms with E-state index in [4.69, 9.17) is 0 Å². The predicted molar refractivity (Wildman–Crippen MR) is 114 cm³/mol. The Labute approximate surface area is 169 Å². The van der Waals surface area contributed by atoms with Crippen molar-refractivity contribution < 1.29 is 4.79 Å². The fourth-order valence-electron chi connectivity index (χ4n) is 3.36. The first kappa shape index (κ1) is 20.1. The fourth-order valence-corrected chi connectivity index (χ4v) is 5.28. The highest BCUT2D eigenvalue weighted by atomic mass is 32.2. The van der Waals surface area contributed by atoms with E-state index >= 15 is 0 Å². The van der Waals surface area contributed by atoms with Crippen LogP contribution in [0.15, 0.2) is 28.6 Å². The first-order valence-corrected chi connectivity index (χ1v) is 11.3. The van der Waals surface area contributed by atoms with Gasteiger partial charge in [0.05, 0.1) is 5.25 Å². The van der Waals surface area contributed by atoms with E-state index in [9.17, 15) is 4.79 Å². The molecule has 3 rings (SSSR count). The number of benzene rings is 1. The molecule has 2 N–H and O–H groups in total. The summed E-state index contributed by atoms with van der Waals surface area (Å²) >= 11 is 2.94. The summed E-state index contributed by atoms with van der Waals surface area (Å²) in [5.41, 5.74) is 2.20. The maximum Gasteiger partial charge on any atom is 0.233 e. The van der Waals surface area contributed by atoms with Crippen LogP contribution in [0.5, 0.6) is 0 Å². The van der Waals surface area contributed by atoms with Gasteiger partial charge in [-0.15, -0.1) is 10.2 Å². The zero-order valence-corrected chi connectivity index (χ0v) is 18.0. The van der Waals surface area contributed by atoms with Gasteiger partial charge in [-0.05, 0) is 44.2 Å². The van der Waals surface area contributed by atoms with Crippen molar-refractivity contribution in [1.82, 2.24) is 15.5 Å². The zero-order valence-electron chi connectivity index (χ0n) is 16.4. The van der Waals surface area contributed by atoms with Gasteiger partial charge in [0.2, 0.25) is 11.0 Å². The smallest absolute Gasteiger partial charge is 0.233 e. The van der Waals surface area contributed by atoms with E-state index in [2.05, 4.69) is 53.7 Å². The Morgan fingerprint density at radius 1 is 1.22 bits per heavy atom. The van der Waals surface area contributed by atoms with Crippen LogP contribution in [0, 0.1) is 18.8 Å². The summed E-state index contributed by atoms with van der Waals surface area (Å²) in [6, 6.07) is 8.44. The number of nitrogens with one attached hydrogen (secondary N) is 2. The molecule has 1 aromatic heterocycles. The van der Waals surface area contributed by atoms with E-state index in [1.165, 1.54) is 41.5 Å². The van der Waals surface area contributed by atoms with Crippen molar-refractivity contribution in [1.29, 1.82) is 0 Å². The maximum absolute atomic E-state index is 12.6. The summed E-state index contributed by atoms with van der Waals surface area (Å²) in [6.07, 6.45) is 3.54. The van der Waals surface area contributed by atoms with E-state index < -0.39 is 0 Å². The third-order valence-electron chi connectivity index (χ3n) is 5.39. The van der Waals surface area contributed by atoms with Crippen LogP contribution in [-0.2, 0) is 4.79 Å². The van der Waals surface area contributed by atoms with E-state index in [1.54, 1.807) is 0 Å². The number of aromatic nitrogens is 2. The van der Waals surface area contributed by atoms with Gasteiger partial charge in [0.15, 0.2) is 4.34 Å². The first-order chi connectivity index (χ1) is 12.9. The molecule has 5 nitrogen and oxygen atoms in total. The summed E-state index contributed by atoms with van der Waals surface area (Å²) in [5, 5.41) is 15.5. The minimum atomic E-state index is -0.186. The minimum absolute atomic E-state index is 0.0918. The molecule has 0 aliphatic heterocycles. The molecule has 0 bridgehead atoms. The summed E-state index contributed by atoms with van der Waals surface area (Å²) < 4.78 is 0.803. The molecule has 1 saturated carbocycles. The Bertz CT molecular complexity index is 762. The number of nitrogens with zero attached hydrogens (tertiary/aromatic N) is 2. The summed E-state index contributed by atoms with van der Waals surface area (Å²) in [4.78, 5) is 12.6. The number of anilines is 2. The molecule has 2 aromatic rings. The number of carbonyl (C=O) groups is 1. The molecule has 1 aliphatic carbocycles. The van der Waals surface area contributed by atoms with Gasteiger partial charge in [0.25, 0.3) is 0 Å². The van der Waals surface area contributed by atoms with Crippen molar-refractivity contribution in [3.05, 3.63) is 29.8 Å². The molecule has 146 valence electrons. The van der Waals surface area contributed by atoms with Crippen molar-refractivity contribution in [3.8, 4) is 0 Å². The normalized spacial score (nSPS) is 23.6. The van der Waals surface area contributed by atoms with E-state index in [0.717, 1.165) is 21.6 Å². The van der Waals surface area contributed by atoms with Crippen molar-refractivity contribution in [2.24, 2.45) is 11.8 Å². The minimum Gasteiger partial charge on any atom is -0.352 e. The molecule has 1 fully saturated rings. The average molecular weight is 405 g/mol. The monoisotopic (exact) mass is 404 g/mol. The lowest BCUT2D eigenvalue weighted by atomic mass is 9.78. The highest BCUT2D eigenvalue weighted by Crippen LogP contribution is 2.32. The molecule has 1 heterocycles. The molecular formula is C20H28N4OS2. The largest absolute Gasteiger partial charge is 0.352 e. The molecule has 0 radical (unpaired) electrons. The number of amides is 1. The Morgan fingerprint density at radius 3 is 2.70 bits per heavy atom. The highest BCUT2D eigenvalue weighted by Gasteiger charge is 2.29. The van der Waals surface area contributed by atoms with Crippen LogP contribution in [-0.4, -0.2) is 27.4 Å². The first-order valence-electron chi connectivity index (χ1n) is 9.56. The highest BCUT2D eigenvalue weighted by molar-refractivity contribution is 8.02. The van der Waals surface area contributed by atoms with E-state index in [-0.39, 0.29) is 17.2 Å². The standard InChI is InChI=1S/C20H28N4OS2/c1-12-8-10-16(11-9-12)21-19-23-24-20(27-19)26-15(4)18(25)22-17-7-5-6-13(2)14(17)3/h8-11,13-15,17H,5-7H2,1-4H3,(H,21,23)(H,22,25)/t13-,14-,15+,17+/m0/s1. The summed E-state index contributed by atoms with van der Waals surface area (Å²) in [5.74, 6) is 1.30. The Kier molecular flexibility index (Phi) is 6.76. The average Bonchev–Trinajstić information content (AvgIpc) is 3.07. The van der Waals surface area contributed by atoms with Crippen LogP contribution in [0.1, 0.15) is 45.6 Å². The number of thioether (sulfide) groups is 1. The van der Waals surface area contributed by atoms with Crippen LogP contribution >= 0.6 is 23.1 Å². The molecule has 0 saturated heterocycles. The lowest BCUT2D eigenvalue weighted by Crippen LogP contribution is -2.46. The summed E-state index contributed by atoms with van der Waals surface area (Å²) in [6.45, 7) is 8.53. The number of carbonyl (C=O) groups excluding carboxylic acids is 1. The van der Waals surface area contributed by atoms with Crippen molar-refractivity contribution in [3.63, 3.8) is 0 Å². The Morgan fingerprint density at radius 2 is 1.96 bits per heavy atom. The number of hydrogen-bond acceptors (Lipinski definition) is 6. The molecule has 7 heteroatoms. The number of hydrogen-bond donors (Lipinski definition) is 2. The number of rotatable bonds is 6. The van der Waals surface area contributed by atoms with Crippen LogP contribution < -0.4 is 10.6 Å². The molecule has 1 aromatic carbocycles. The van der Waals surface area contributed by atoms with Crippen molar-refractivity contribution in [2.75, 3.05) is 5.32 Å². The van der Waals surface area contributed by atoms with Crippen molar-refractivity contribution in [2.45, 2.75) is 62.6 Å². The van der Waals surface area contributed by atoms with Gasteiger partial charge in [-0.1, -0.05) is 67.5 Å². The molecule has 1 aliphatic rings. The quantitative estimate of drug-likeness (QED) is 0.662. The van der Waals surface area contributed by atoms with Crippen LogP contribution in [0.3, 0.4) is 0 Å². The predicted octanol–water partition coefficient (Wildman–Crippen LogP) is 5.01. The second kappa shape index (κ2) is 9.06. The third kappa shape index (κ3) is 5.45. The second-order valence-corrected chi connectivity index (χ2v) is 10.1. The van der Waals surface area contributed by atoms with Crippen LogP contribution in [0.25, 0.3) is 0 Å². The SMILES string of the molecule is Cc1ccc(Nc2nnc(S[C@H](C)C(=O)N[C@@H]3CCC[C@H](C)[C@@H]3C)s2)cc1. The lowest BCUT2D eigenvalue weighted by Gasteiger charge is -2.35. The third-order valence-corrected chi connectivity index (χ3v) is 7.41. The van der Waals surface area contributed by atoms with Crippen LogP contribution in [0.2, 0.25) is 0 Å². The van der Waals surface area contributed by atoms with Gasteiger partial charge in [0.1, 0.15) is 0 Å². The molecule has 4 atom stereocenters. The van der Waals surface area contributed by atoms with E-state index in [0.29, 0.717) is 11.8 Å². The molecule has 27 heavy (non-hydrogen) atoms. The Balaban J connectivity index is 1.53. The molecule has 1 amide bonds. The van der Waals surface area contributed by atoms with Gasteiger partial charge in [0, 0.05) is 11.7 Å². The number of aryl methyl sites for hydroxylation is 1. The van der Waals surface area contributed by atoms with E-state index in [1.807, 2.05) is 19.1 Å². The van der Waals surface area contributed by atoms with Crippen molar-refractivity contribution >= 4 is 39.8 Å². The molecule has 0 unspecified atom stereocenters. The topological polar surface area (TPSA) is 66.9 Å². The fraction of sp³-hybridized carbons (Fsp3) is 0.550. The van der Waals surface area contributed by atoms with Gasteiger partial charge in [-0.25, -0.2) is 0 Å². The van der Waals surface area contributed by atoms with Gasteiger partial charge in [-0.2, -0.15) is 0 Å².